The molecule has 1 saturated heterocycles. The number of nitro groups is 1. The van der Waals surface area contributed by atoms with Crippen LogP contribution in [0.1, 0.15) is 44.6 Å². The van der Waals surface area contributed by atoms with Gasteiger partial charge in [0, 0.05) is 18.7 Å². The van der Waals surface area contributed by atoms with Crippen LogP contribution >= 0.6 is 0 Å². The zero-order valence-corrected chi connectivity index (χ0v) is 14.8. The summed E-state index contributed by atoms with van der Waals surface area (Å²) in [7, 11) is 0. The Morgan fingerprint density at radius 3 is 2.46 bits per heavy atom. The van der Waals surface area contributed by atoms with Gasteiger partial charge in [-0.25, -0.2) is 0 Å². The fraction of sp³-hybridized carbons (Fsp3) is 0.632. The van der Waals surface area contributed by atoms with E-state index in [4.69, 9.17) is 0 Å². The van der Waals surface area contributed by atoms with Crippen molar-refractivity contribution in [2.45, 2.75) is 45.6 Å². The first-order valence-corrected chi connectivity index (χ1v) is 9.18. The van der Waals surface area contributed by atoms with E-state index in [1.54, 1.807) is 12.1 Å². The summed E-state index contributed by atoms with van der Waals surface area (Å²) in [5.41, 5.74) is 1.31. The highest BCUT2D eigenvalue weighted by Crippen LogP contribution is 2.14. The van der Waals surface area contributed by atoms with E-state index in [1.165, 1.54) is 51.7 Å². The fourth-order valence-corrected chi connectivity index (χ4v) is 3.21. The standard InChI is InChI=1S/C19H30N3O2/c1-2-20(17-18-9-11-19(12-10-18)22(23)24)13-5-3-6-14-21-15-7-4-8-16-21/h4,9-12H,2-3,5-8,13-17H2,1H3. The molecule has 1 aliphatic heterocycles. The smallest absolute Gasteiger partial charge is 0.269 e. The molecule has 1 fully saturated rings. The van der Waals surface area contributed by atoms with Gasteiger partial charge < -0.3 is 4.90 Å². The van der Waals surface area contributed by atoms with Crippen molar-refractivity contribution in [3.63, 3.8) is 0 Å². The van der Waals surface area contributed by atoms with Crippen molar-refractivity contribution in [3.05, 3.63) is 46.4 Å². The highest BCUT2D eigenvalue weighted by Gasteiger charge is 2.10. The Bertz CT molecular complexity index is 484. The molecule has 0 bridgehead atoms. The van der Waals surface area contributed by atoms with Gasteiger partial charge in [0.05, 0.1) is 4.92 Å². The van der Waals surface area contributed by atoms with Crippen molar-refractivity contribution < 1.29 is 4.92 Å². The summed E-state index contributed by atoms with van der Waals surface area (Å²) in [6, 6.07) is 6.93. The molecular formula is C19H30N3O2. The second-order valence-corrected chi connectivity index (χ2v) is 6.56. The molecule has 133 valence electrons. The third-order valence-corrected chi connectivity index (χ3v) is 4.75. The summed E-state index contributed by atoms with van der Waals surface area (Å²) in [4.78, 5) is 15.3. The molecule has 0 saturated carbocycles. The Labute approximate surface area is 145 Å². The Balaban J connectivity index is 1.63. The third-order valence-electron chi connectivity index (χ3n) is 4.75. The van der Waals surface area contributed by atoms with Gasteiger partial charge in [0.2, 0.25) is 0 Å². The Kier molecular flexibility index (Phi) is 8.19. The van der Waals surface area contributed by atoms with Gasteiger partial charge in [0.25, 0.3) is 5.69 Å². The first kappa shape index (κ1) is 18.9. The Morgan fingerprint density at radius 2 is 1.83 bits per heavy atom. The van der Waals surface area contributed by atoms with E-state index in [-0.39, 0.29) is 10.6 Å². The fourth-order valence-electron chi connectivity index (χ4n) is 3.21. The summed E-state index contributed by atoms with van der Waals surface area (Å²) >= 11 is 0. The number of non-ortho nitro benzene ring substituents is 1. The quantitative estimate of drug-likeness (QED) is 0.370. The zero-order valence-electron chi connectivity index (χ0n) is 14.8. The van der Waals surface area contributed by atoms with Crippen molar-refractivity contribution in [1.82, 2.24) is 9.80 Å². The first-order valence-electron chi connectivity index (χ1n) is 9.18. The number of nitrogens with zero attached hydrogens (tertiary/aromatic N) is 3. The lowest BCUT2D eigenvalue weighted by atomic mass is 10.1. The van der Waals surface area contributed by atoms with E-state index in [9.17, 15) is 10.1 Å². The molecule has 1 radical (unpaired) electrons. The van der Waals surface area contributed by atoms with Crippen LogP contribution in [0.25, 0.3) is 0 Å². The van der Waals surface area contributed by atoms with Crippen LogP contribution in [0.4, 0.5) is 5.69 Å². The molecule has 0 N–H and O–H groups in total. The van der Waals surface area contributed by atoms with Gasteiger partial charge >= 0.3 is 0 Å². The van der Waals surface area contributed by atoms with Gasteiger partial charge in [0.1, 0.15) is 0 Å². The molecule has 1 aromatic carbocycles. The molecule has 0 amide bonds. The topological polar surface area (TPSA) is 49.6 Å². The predicted molar refractivity (Wildman–Crippen MR) is 97.9 cm³/mol. The number of unbranched alkanes of at least 4 members (excludes halogenated alkanes) is 2. The first-order chi connectivity index (χ1) is 11.7. The van der Waals surface area contributed by atoms with Crippen LogP contribution in [0.3, 0.4) is 0 Å². The lowest BCUT2D eigenvalue weighted by Crippen LogP contribution is -2.31. The van der Waals surface area contributed by atoms with E-state index in [0.717, 1.165) is 25.2 Å². The van der Waals surface area contributed by atoms with Gasteiger partial charge in [-0.05, 0) is 70.4 Å². The van der Waals surface area contributed by atoms with Crippen molar-refractivity contribution in [3.8, 4) is 0 Å². The van der Waals surface area contributed by atoms with Crippen LogP contribution in [0.2, 0.25) is 0 Å². The van der Waals surface area contributed by atoms with Gasteiger partial charge in [0.15, 0.2) is 0 Å². The third kappa shape index (κ3) is 6.57. The van der Waals surface area contributed by atoms with E-state index in [2.05, 4.69) is 23.1 Å². The molecule has 5 heteroatoms. The van der Waals surface area contributed by atoms with Crippen LogP contribution < -0.4 is 0 Å². The minimum atomic E-state index is -0.345. The monoisotopic (exact) mass is 332 g/mol. The lowest BCUT2D eigenvalue weighted by Gasteiger charge is -2.26. The maximum absolute atomic E-state index is 10.7. The molecule has 1 heterocycles. The summed E-state index contributed by atoms with van der Waals surface area (Å²) < 4.78 is 0. The minimum absolute atomic E-state index is 0.164. The van der Waals surface area contributed by atoms with Crippen LogP contribution in [0, 0.1) is 16.5 Å². The molecule has 0 aliphatic carbocycles. The number of piperidine rings is 1. The second-order valence-electron chi connectivity index (χ2n) is 6.56. The molecule has 1 aromatic rings. The van der Waals surface area contributed by atoms with Crippen LogP contribution in [-0.2, 0) is 6.54 Å². The maximum Gasteiger partial charge on any atom is 0.269 e. The maximum atomic E-state index is 10.7. The highest BCUT2D eigenvalue weighted by atomic mass is 16.6. The van der Waals surface area contributed by atoms with Crippen molar-refractivity contribution in [1.29, 1.82) is 0 Å². The average molecular weight is 332 g/mol. The molecule has 0 unspecified atom stereocenters. The SMILES string of the molecule is CCN(CCCCCN1CC[CH]CC1)Cc1ccc([N+](=O)[O-])cc1. The molecule has 0 aromatic heterocycles. The normalized spacial score (nSPS) is 15.8. The van der Waals surface area contributed by atoms with Gasteiger partial charge in [-0.15, -0.1) is 0 Å². The van der Waals surface area contributed by atoms with Crippen molar-refractivity contribution >= 4 is 5.69 Å². The number of hydrogen-bond acceptors (Lipinski definition) is 4. The molecule has 24 heavy (non-hydrogen) atoms. The molecule has 1 aliphatic rings. The summed E-state index contributed by atoms with van der Waals surface area (Å²) in [6.45, 7) is 8.87. The number of hydrogen-bond donors (Lipinski definition) is 0. The Morgan fingerprint density at radius 1 is 1.12 bits per heavy atom. The van der Waals surface area contributed by atoms with E-state index >= 15 is 0 Å². The summed E-state index contributed by atoms with van der Waals surface area (Å²) in [5.74, 6) is 0. The largest absolute Gasteiger partial charge is 0.303 e. The Hall–Kier alpha value is -1.46. The zero-order chi connectivity index (χ0) is 17.2. The van der Waals surface area contributed by atoms with E-state index in [1.807, 2.05) is 12.1 Å². The minimum Gasteiger partial charge on any atom is -0.303 e. The molecule has 2 rings (SSSR count). The number of rotatable bonds is 10. The van der Waals surface area contributed by atoms with E-state index < -0.39 is 0 Å². The molecule has 0 atom stereocenters. The number of nitro benzene ring substituents is 1. The van der Waals surface area contributed by atoms with Crippen LogP contribution in [-0.4, -0.2) is 47.4 Å². The summed E-state index contributed by atoms with van der Waals surface area (Å²) in [6.07, 6.45) is 8.68. The summed E-state index contributed by atoms with van der Waals surface area (Å²) in [5, 5.41) is 10.7. The molecule has 5 nitrogen and oxygen atoms in total. The predicted octanol–water partition coefficient (Wildman–Crippen LogP) is 3.89. The number of likely N-dealkylation sites (tertiary alicyclic amines) is 1. The lowest BCUT2D eigenvalue weighted by molar-refractivity contribution is -0.384. The van der Waals surface area contributed by atoms with Gasteiger partial charge in [-0.1, -0.05) is 25.5 Å². The second kappa shape index (κ2) is 10.4. The van der Waals surface area contributed by atoms with Gasteiger partial charge in [-0.2, -0.15) is 0 Å². The molecule has 0 spiro atoms. The highest BCUT2D eigenvalue weighted by molar-refractivity contribution is 5.32. The van der Waals surface area contributed by atoms with Crippen LogP contribution in [0.5, 0.6) is 0 Å². The van der Waals surface area contributed by atoms with Gasteiger partial charge in [-0.3, -0.25) is 15.0 Å². The average Bonchev–Trinajstić information content (AvgIpc) is 2.61. The van der Waals surface area contributed by atoms with Crippen LogP contribution in [0.15, 0.2) is 24.3 Å². The van der Waals surface area contributed by atoms with E-state index in [0.29, 0.717) is 0 Å². The molecular weight excluding hydrogens is 302 g/mol. The van der Waals surface area contributed by atoms with Crippen molar-refractivity contribution in [2.24, 2.45) is 0 Å². The number of benzene rings is 1. The van der Waals surface area contributed by atoms with Crippen molar-refractivity contribution in [2.75, 3.05) is 32.7 Å².